The van der Waals surface area contributed by atoms with Crippen molar-refractivity contribution >= 4 is 17.8 Å². The first kappa shape index (κ1) is 27.5. The first-order valence-corrected chi connectivity index (χ1v) is 11.7. The third-order valence-corrected chi connectivity index (χ3v) is 5.34. The maximum absolute atomic E-state index is 11.9. The first-order valence-electron chi connectivity index (χ1n) is 11.7. The van der Waals surface area contributed by atoms with E-state index < -0.39 is 0 Å². The van der Waals surface area contributed by atoms with Crippen LogP contribution in [-0.4, -0.2) is 32.6 Å². The molecule has 178 valence electrons. The summed E-state index contributed by atoms with van der Waals surface area (Å²) in [4.78, 5) is 23.3. The average Bonchev–Trinajstić information content (AvgIpc) is 2.80. The molecule has 0 saturated carbocycles. The van der Waals surface area contributed by atoms with Gasteiger partial charge in [0.05, 0.1) is 20.8 Å². The van der Waals surface area contributed by atoms with E-state index in [1.807, 2.05) is 12.1 Å². The molecule has 0 aromatic heterocycles. The molecule has 1 aromatic rings. The van der Waals surface area contributed by atoms with Crippen LogP contribution in [0.4, 0.5) is 0 Å². The molecule has 0 amide bonds. The van der Waals surface area contributed by atoms with Crippen LogP contribution in [-0.2, 0) is 14.3 Å². The van der Waals surface area contributed by atoms with Crippen LogP contribution < -0.4 is 9.47 Å². The van der Waals surface area contributed by atoms with Crippen LogP contribution in [0.15, 0.2) is 36.4 Å². The number of rotatable bonds is 18. The highest BCUT2D eigenvalue weighted by atomic mass is 16.5. The van der Waals surface area contributed by atoms with Crippen molar-refractivity contribution in [3.63, 3.8) is 0 Å². The van der Waals surface area contributed by atoms with Crippen LogP contribution >= 0.6 is 0 Å². The lowest BCUT2D eigenvalue weighted by molar-refractivity contribution is -0.137. The number of Topliss-reactive ketones (excluding diaryl/α,β-unsaturated/α-hetero) is 1. The van der Waals surface area contributed by atoms with Gasteiger partial charge in [-0.2, -0.15) is 0 Å². The summed E-state index contributed by atoms with van der Waals surface area (Å²) >= 11 is 0. The Morgan fingerprint density at radius 3 is 1.97 bits per heavy atom. The molecule has 0 spiro atoms. The van der Waals surface area contributed by atoms with Gasteiger partial charge in [0.1, 0.15) is 0 Å². The predicted molar refractivity (Wildman–Crippen MR) is 130 cm³/mol. The SMILES string of the molecule is C=C(C)C(=O)CCCCCCCCCCCCOC(=O)/C=C/c1ccc(OC)c(OC)c1. The molecule has 0 aliphatic heterocycles. The largest absolute Gasteiger partial charge is 0.493 e. The summed E-state index contributed by atoms with van der Waals surface area (Å²) in [6.45, 7) is 5.92. The number of ether oxygens (including phenoxy) is 3. The van der Waals surface area contributed by atoms with Crippen LogP contribution in [0.3, 0.4) is 0 Å². The fourth-order valence-electron chi connectivity index (χ4n) is 3.36. The minimum Gasteiger partial charge on any atom is -0.493 e. The second-order valence-electron chi connectivity index (χ2n) is 8.10. The van der Waals surface area contributed by atoms with Gasteiger partial charge in [-0.05, 0) is 49.1 Å². The van der Waals surface area contributed by atoms with E-state index in [-0.39, 0.29) is 11.8 Å². The zero-order valence-electron chi connectivity index (χ0n) is 20.1. The van der Waals surface area contributed by atoms with Crippen LogP contribution in [0.1, 0.15) is 83.1 Å². The average molecular weight is 445 g/mol. The van der Waals surface area contributed by atoms with Crippen molar-refractivity contribution in [1.82, 2.24) is 0 Å². The second-order valence-corrected chi connectivity index (χ2v) is 8.10. The lowest BCUT2D eigenvalue weighted by Crippen LogP contribution is -2.02. The van der Waals surface area contributed by atoms with E-state index in [4.69, 9.17) is 14.2 Å². The summed E-state index contributed by atoms with van der Waals surface area (Å²) in [5.41, 5.74) is 1.52. The van der Waals surface area contributed by atoms with Gasteiger partial charge < -0.3 is 14.2 Å². The fourth-order valence-corrected chi connectivity index (χ4v) is 3.36. The number of ketones is 1. The van der Waals surface area contributed by atoms with Crippen molar-refractivity contribution in [2.75, 3.05) is 20.8 Å². The van der Waals surface area contributed by atoms with E-state index in [1.165, 1.54) is 44.6 Å². The Kier molecular flexibility index (Phi) is 14.6. The molecule has 0 heterocycles. The highest BCUT2D eigenvalue weighted by Crippen LogP contribution is 2.27. The lowest BCUT2D eigenvalue weighted by atomic mass is 10.0. The molecule has 0 atom stereocenters. The van der Waals surface area contributed by atoms with E-state index in [0.717, 1.165) is 31.2 Å². The van der Waals surface area contributed by atoms with Crippen molar-refractivity contribution in [1.29, 1.82) is 0 Å². The molecule has 0 bridgehead atoms. The Morgan fingerprint density at radius 2 is 1.41 bits per heavy atom. The van der Waals surface area contributed by atoms with Gasteiger partial charge in [-0.1, -0.05) is 64.0 Å². The molecular formula is C27H40O5. The molecule has 0 radical (unpaired) electrons. The minimum atomic E-state index is -0.329. The van der Waals surface area contributed by atoms with E-state index in [2.05, 4.69) is 6.58 Å². The number of carbonyl (C=O) groups excluding carboxylic acids is 2. The van der Waals surface area contributed by atoms with E-state index >= 15 is 0 Å². The van der Waals surface area contributed by atoms with Crippen LogP contribution in [0, 0.1) is 0 Å². The van der Waals surface area contributed by atoms with Gasteiger partial charge in [0.2, 0.25) is 0 Å². The summed E-state index contributed by atoms with van der Waals surface area (Å²) in [5, 5.41) is 0. The van der Waals surface area contributed by atoms with Gasteiger partial charge in [-0.25, -0.2) is 4.79 Å². The number of benzene rings is 1. The van der Waals surface area contributed by atoms with Crippen molar-refractivity contribution in [3.05, 3.63) is 42.0 Å². The molecule has 0 fully saturated rings. The van der Waals surface area contributed by atoms with Crippen molar-refractivity contribution in [3.8, 4) is 11.5 Å². The monoisotopic (exact) mass is 444 g/mol. The second kappa shape index (κ2) is 17.0. The number of hydrogen-bond acceptors (Lipinski definition) is 5. The summed E-state index contributed by atoms with van der Waals surface area (Å²) in [6, 6.07) is 5.47. The Morgan fingerprint density at radius 1 is 0.844 bits per heavy atom. The molecule has 0 unspecified atom stereocenters. The summed E-state index contributed by atoms with van der Waals surface area (Å²) in [6.07, 6.45) is 15.2. The van der Waals surface area contributed by atoms with Gasteiger partial charge >= 0.3 is 5.97 Å². The first-order chi connectivity index (χ1) is 15.5. The maximum atomic E-state index is 11.9. The normalized spacial score (nSPS) is 10.8. The van der Waals surface area contributed by atoms with Crippen molar-refractivity contribution < 1.29 is 23.8 Å². The molecule has 1 aromatic carbocycles. The van der Waals surface area contributed by atoms with Gasteiger partial charge in [0, 0.05) is 12.5 Å². The van der Waals surface area contributed by atoms with E-state index in [0.29, 0.717) is 30.1 Å². The maximum Gasteiger partial charge on any atom is 0.330 e. The third-order valence-electron chi connectivity index (χ3n) is 5.34. The molecule has 0 N–H and O–H groups in total. The minimum absolute atomic E-state index is 0.199. The molecule has 0 saturated heterocycles. The molecular weight excluding hydrogens is 404 g/mol. The Hall–Kier alpha value is -2.56. The number of esters is 1. The number of allylic oxidation sites excluding steroid dienone is 1. The number of methoxy groups -OCH3 is 2. The summed E-state index contributed by atoms with van der Waals surface area (Å²) in [5.74, 6) is 1.15. The number of hydrogen-bond donors (Lipinski definition) is 0. The Bertz CT molecular complexity index is 736. The van der Waals surface area contributed by atoms with E-state index in [1.54, 1.807) is 33.3 Å². The van der Waals surface area contributed by atoms with E-state index in [9.17, 15) is 9.59 Å². The smallest absolute Gasteiger partial charge is 0.330 e. The molecule has 32 heavy (non-hydrogen) atoms. The molecule has 5 heteroatoms. The predicted octanol–water partition coefficient (Wildman–Crippen LogP) is 6.70. The summed E-state index contributed by atoms with van der Waals surface area (Å²) in [7, 11) is 3.17. The Balaban J connectivity index is 2.00. The van der Waals surface area contributed by atoms with Gasteiger partial charge in [-0.3, -0.25) is 4.79 Å². The molecule has 1 rings (SSSR count). The molecule has 0 aliphatic carbocycles. The number of unbranched alkanes of at least 4 members (excludes halogenated alkanes) is 9. The zero-order chi connectivity index (χ0) is 23.6. The van der Waals surface area contributed by atoms with Gasteiger partial charge in [-0.15, -0.1) is 0 Å². The zero-order valence-corrected chi connectivity index (χ0v) is 20.1. The van der Waals surface area contributed by atoms with Crippen molar-refractivity contribution in [2.45, 2.75) is 77.6 Å². The standard InChI is InChI=1S/C27H40O5/c1-22(2)24(28)15-13-11-9-7-5-6-8-10-12-14-20-32-27(29)19-17-23-16-18-25(30-3)26(21-23)31-4/h16-19,21H,1,5-15,20H2,2-4H3/b19-17+. The third kappa shape index (κ3) is 12.3. The highest BCUT2D eigenvalue weighted by molar-refractivity contribution is 5.94. The van der Waals surface area contributed by atoms with Crippen LogP contribution in [0.5, 0.6) is 11.5 Å². The van der Waals surface area contributed by atoms with Crippen LogP contribution in [0.25, 0.3) is 6.08 Å². The van der Waals surface area contributed by atoms with Crippen LogP contribution in [0.2, 0.25) is 0 Å². The molecule has 5 nitrogen and oxygen atoms in total. The summed E-state index contributed by atoms with van der Waals surface area (Å²) < 4.78 is 15.7. The fraction of sp³-hybridized carbons (Fsp3) is 0.556. The van der Waals surface area contributed by atoms with Gasteiger partial charge in [0.15, 0.2) is 17.3 Å². The quantitative estimate of drug-likeness (QED) is 0.143. The lowest BCUT2D eigenvalue weighted by Gasteiger charge is -2.07. The Labute approximate surface area is 193 Å². The molecule has 0 aliphatic rings. The van der Waals surface area contributed by atoms with Gasteiger partial charge in [0.25, 0.3) is 0 Å². The topological polar surface area (TPSA) is 61.8 Å². The number of carbonyl (C=O) groups is 2. The van der Waals surface area contributed by atoms with Crippen molar-refractivity contribution in [2.24, 2.45) is 0 Å². The highest BCUT2D eigenvalue weighted by Gasteiger charge is 2.04.